The van der Waals surface area contributed by atoms with Crippen LogP contribution in [0.4, 0.5) is 0 Å². The van der Waals surface area contributed by atoms with Gasteiger partial charge in [0.1, 0.15) is 13.2 Å². The molecule has 5 rings (SSSR count). The molecular weight excluding hydrogens is 464 g/mol. The molecule has 10 heteroatoms. The van der Waals surface area contributed by atoms with Crippen LogP contribution < -0.4 is 29.8 Å². The molecule has 36 heavy (non-hydrogen) atoms. The number of benzene rings is 3. The van der Waals surface area contributed by atoms with Crippen molar-refractivity contribution in [2.75, 3.05) is 13.2 Å². The molecule has 3 aromatic carbocycles. The molecule has 0 saturated heterocycles. The number of para-hydroxylation sites is 4. The molecule has 0 bridgehead atoms. The quantitative estimate of drug-likeness (QED) is 0.408. The highest BCUT2D eigenvalue weighted by Crippen LogP contribution is 2.31. The summed E-state index contributed by atoms with van der Waals surface area (Å²) in [4.78, 5) is 24.7. The van der Waals surface area contributed by atoms with Crippen LogP contribution in [0.15, 0.2) is 83.0 Å². The Morgan fingerprint density at radius 1 is 0.667 bits per heavy atom. The summed E-state index contributed by atoms with van der Waals surface area (Å²) >= 11 is 0. The van der Waals surface area contributed by atoms with Crippen LogP contribution in [0.5, 0.6) is 23.0 Å². The monoisotopic (exact) mass is 486 g/mol. The first-order chi connectivity index (χ1) is 17.7. The second-order valence-corrected chi connectivity index (χ2v) is 7.87. The smallest absolute Gasteiger partial charge is 0.284 e. The van der Waals surface area contributed by atoms with Gasteiger partial charge in [0.15, 0.2) is 23.0 Å². The lowest BCUT2D eigenvalue weighted by Gasteiger charge is -2.24. The van der Waals surface area contributed by atoms with Crippen LogP contribution in [-0.2, 0) is 9.59 Å². The van der Waals surface area contributed by atoms with Crippen molar-refractivity contribution in [3.05, 3.63) is 83.9 Å². The van der Waals surface area contributed by atoms with Crippen LogP contribution in [0.25, 0.3) is 0 Å². The van der Waals surface area contributed by atoms with E-state index in [1.807, 2.05) is 24.3 Å². The van der Waals surface area contributed by atoms with Crippen molar-refractivity contribution in [3.8, 4) is 23.0 Å². The van der Waals surface area contributed by atoms with Gasteiger partial charge >= 0.3 is 0 Å². The third-order valence-corrected chi connectivity index (χ3v) is 5.29. The standard InChI is InChI=1S/C26H22N4O6/c31-25(23-15-33-19-8-1-3-10-21(19)35-23)29-27-13-17-6-5-7-18(12-17)14-28-30-26(32)24-16-34-20-9-2-4-11-22(20)36-24/h1-14,23-24H,15-16H2,(H,29,31)(H,30,32)/b27-13+,28-14+. The van der Waals surface area contributed by atoms with Gasteiger partial charge in [0.25, 0.3) is 11.8 Å². The fraction of sp³-hybridized carbons (Fsp3) is 0.154. The molecule has 2 aliphatic heterocycles. The number of amides is 2. The van der Waals surface area contributed by atoms with Crippen LogP contribution in [-0.4, -0.2) is 49.7 Å². The highest BCUT2D eigenvalue weighted by atomic mass is 16.6. The van der Waals surface area contributed by atoms with Crippen molar-refractivity contribution in [1.82, 2.24) is 10.9 Å². The minimum atomic E-state index is -0.800. The Kier molecular flexibility index (Phi) is 6.74. The topological polar surface area (TPSA) is 120 Å². The average Bonchev–Trinajstić information content (AvgIpc) is 2.92. The molecule has 2 N–H and O–H groups in total. The van der Waals surface area contributed by atoms with E-state index < -0.39 is 24.0 Å². The van der Waals surface area contributed by atoms with Gasteiger partial charge in [-0.25, -0.2) is 10.9 Å². The van der Waals surface area contributed by atoms with Crippen molar-refractivity contribution in [2.45, 2.75) is 12.2 Å². The number of hydrogen-bond donors (Lipinski definition) is 2. The van der Waals surface area contributed by atoms with Gasteiger partial charge in [0.2, 0.25) is 12.2 Å². The van der Waals surface area contributed by atoms with Crippen LogP contribution in [0.2, 0.25) is 0 Å². The summed E-state index contributed by atoms with van der Waals surface area (Å²) < 4.78 is 22.4. The number of hydrogen-bond acceptors (Lipinski definition) is 8. The van der Waals surface area contributed by atoms with Gasteiger partial charge in [-0.2, -0.15) is 10.2 Å². The van der Waals surface area contributed by atoms with Gasteiger partial charge in [-0.05, 0) is 41.5 Å². The fourth-order valence-corrected chi connectivity index (χ4v) is 3.50. The lowest BCUT2D eigenvalue weighted by Crippen LogP contribution is -2.42. The van der Waals surface area contributed by atoms with Crippen LogP contribution in [0.1, 0.15) is 11.1 Å². The molecule has 182 valence electrons. The molecule has 0 fully saturated rings. The lowest BCUT2D eigenvalue weighted by atomic mass is 10.1. The molecular formula is C26H22N4O6. The molecule has 2 heterocycles. The zero-order valence-electron chi connectivity index (χ0n) is 19.0. The van der Waals surface area contributed by atoms with Crippen molar-refractivity contribution in [1.29, 1.82) is 0 Å². The normalized spacial score (nSPS) is 18.1. The predicted molar refractivity (Wildman–Crippen MR) is 131 cm³/mol. The molecule has 0 aliphatic carbocycles. The summed E-state index contributed by atoms with van der Waals surface area (Å²) in [5.74, 6) is 1.39. The van der Waals surface area contributed by atoms with Crippen LogP contribution >= 0.6 is 0 Å². The number of carbonyl (C=O) groups is 2. The maximum Gasteiger partial charge on any atom is 0.284 e. The highest BCUT2D eigenvalue weighted by molar-refractivity contribution is 5.88. The van der Waals surface area contributed by atoms with E-state index in [9.17, 15) is 9.59 Å². The number of rotatable bonds is 6. The van der Waals surface area contributed by atoms with Gasteiger partial charge in [-0.3, -0.25) is 9.59 Å². The molecule has 2 unspecified atom stereocenters. The Bertz CT molecular complexity index is 1230. The Balaban J connectivity index is 1.11. The first-order valence-electron chi connectivity index (χ1n) is 11.2. The van der Waals surface area contributed by atoms with E-state index in [0.717, 1.165) is 11.1 Å². The summed E-state index contributed by atoms with van der Waals surface area (Å²) in [5.41, 5.74) is 6.36. The minimum Gasteiger partial charge on any atom is -0.485 e. The zero-order valence-corrected chi connectivity index (χ0v) is 19.0. The third kappa shape index (κ3) is 5.44. The van der Waals surface area contributed by atoms with E-state index in [0.29, 0.717) is 23.0 Å². The molecule has 0 spiro atoms. The summed E-state index contributed by atoms with van der Waals surface area (Å²) in [6, 6.07) is 21.5. The Hall–Kier alpha value is -4.86. The second-order valence-electron chi connectivity index (χ2n) is 7.87. The first-order valence-corrected chi connectivity index (χ1v) is 11.2. The molecule has 2 atom stereocenters. The van der Waals surface area contributed by atoms with Crippen molar-refractivity contribution >= 4 is 24.2 Å². The number of nitrogens with one attached hydrogen (secondary N) is 2. The van der Waals surface area contributed by atoms with Gasteiger partial charge in [0.05, 0.1) is 12.4 Å². The predicted octanol–water partition coefficient (Wildman–Crippen LogP) is 2.27. The molecule has 0 aromatic heterocycles. The average molecular weight is 486 g/mol. The Morgan fingerprint density at radius 2 is 1.11 bits per heavy atom. The van der Waals surface area contributed by atoms with Crippen LogP contribution in [0.3, 0.4) is 0 Å². The van der Waals surface area contributed by atoms with E-state index in [2.05, 4.69) is 21.1 Å². The maximum absolute atomic E-state index is 12.4. The number of hydrazone groups is 2. The zero-order chi connectivity index (χ0) is 24.7. The van der Waals surface area contributed by atoms with E-state index in [1.165, 1.54) is 12.4 Å². The second kappa shape index (κ2) is 10.6. The maximum atomic E-state index is 12.4. The van der Waals surface area contributed by atoms with E-state index in [-0.39, 0.29) is 13.2 Å². The number of fused-ring (bicyclic) bond motifs is 2. The van der Waals surface area contributed by atoms with E-state index >= 15 is 0 Å². The van der Waals surface area contributed by atoms with Crippen molar-refractivity contribution in [2.24, 2.45) is 10.2 Å². The van der Waals surface area contributed by atoms with Gasteiger partial charge in [0, 0.05) is 0 Å². The molecule has 3 aromatic rings. The number of nitrogens with zero attached hydrogens (tertiary/aromatic N) is 2. The molecule has 0 saturated carbocycles. The highest BCUT2D eigenvalue weighted by Gasteiger charge is 2.28. The molecule has 0 radical (unpaired) electrons. The Morgan fingerprint density at radius 3 is 1.58 bits per heavy atom. The Labute approximate surface area is 206 Å². The number of carbonyl (C=O) groups excluding carboxylic acids is 2. The largest absolute Gasteiger partial charge is 0.485 e. The first kappa shape index (κ1) is 22.9. The van der Waals surface area contributed by atoms with Crippen LogP contribution in [0, 0.1) is 0 Å². The number of ether oxygens (including phenoxy) is 4. The summed E-state index contributed by atoms with van der Waals surface area (Å²) in [6.07, 6.45) is 1.39. The third-order valence-electron chi connectivity index (χ3n) is 5.29. The van der Waals surface area contributed by atoms with E-state index in [4.69, 9.17) is 18.9 Å². The SMILES string of the molecule is O=C(N/N=C/c1cccc(/C=N/NC(=O)C2COc3ccccc3O2)c1)C1COc2ccccc2O1. The van der Waals surface area contributed by atoms with Gasteiger partial charge in [-0.15, -0.1) is 0 Å². The summed E-state index contributed by atoms with van der Waals surface area (Å²) in [6.45, 7) is 0.196. The molecule has 2 aliphatic rings. The summed E-state index contributed by atoms with van der Waals surface area (Å²) in [7, 11) is 0. The fourth-order valence-electron chi connectivity index (χ4n) is 3.50. The van der Waals surface area contributed by atoms with Gasteiger partial charge in [-0.1, -0.05) is 42.5 Å². The molecule has 2 amide bonds. The lowest BCUT2D eigenvalue weighted by molar-refractivity contribution is -0.131. The summed E-state index contributed by atoms with van der Waals surface area (Å²) in [5, 5.41) is 7.99. The van der Waals surface area contributed by atoms with Crippen molar-refractivity contribution in [3.63, 3.8) is 0 Å². The minimum absolute atomic E-state index is 0.0978. The van der Waals surface area contributed by atoms with E-state index in [1.54, 1.807) is 48.5 Å². The molecule has 10 nitrogen and oxygen atoms in total. The van der Waals surface area contributed by atoms with Crippen molar-refractivity contribution < 1.29 is 28.5 Å². The van der Waals surface area contributed by atoms with Gasteiger partial charge < -0.3 is 18.9 Å².